The van der Waals surface area contributed by atoms with E-state index in [1.807, 2.05) is 55.6 Å². The van der Waals surface area contributed by atoms with Crippen LogP contribution in [0.15, 0.2) is 53.1 Å². The summed E-state index contributed by atoms with van der Waals surface area (Å²) in [6.07, 6.45) is 1.64. The summed E-state index contributed by atoms with van der Waals surface area (Å²) in [5, 5.41) is 5.40. The maximum absolute atomic E-state index is 12.9. The van der Waals surface area contributed by atoms with Gasteiger partial charge in [0, 0.05) is 35.1 Å². The van der Waals surface area contributed by atoms with Gasteiger partial charge in [-0.2, -0.15) is 4.98 Å². The summed E-state index contributed by atoms with van der Waals surface area (Å²) in [5.74, 6) is 1.33. The molecule has 0 saturated carbocycles. The lowest BCUT2D eigenvalue weighted by molar-refractivity contribution is -0.136. The third-order valence-corrected chi connectivity index (χ3v) is 6.04. The summed E-state index contributed by atoms with van der Waals surface area (Å²) >= 11 is 12.0. The molecule has 162 valence electrons. The molecule has 0 spiro atoms. The van der Waals surface area contributed by atoms with E-state index in [9.17, 15) is 4.79 Å². The topological polar surface area (TPSA) is 62.5 Å². The monoisotopic (exact) mass is 458 g/mol. The number of likely N-dealkylation sites (tertiary alicyclic amines) is 1. The van der Waals surface area contributed by atoms with E-state index in [1.165, 1.54) is 0 Å². The van der Waals surface area contributed by atoms with Crippen molar-refractivity contribution in [2.45, 2.75) is 25.9 Å². The fourth-order valence-electron chi connectivity index (χ4n) is 3.85. The van der Waals surface area contributed by atoms with Crippen LogP contribution in [0.3, 0.4) is 0 Å². The normalized spacial score (nSPS) is 15.2. The molecule has 0 N–H and O–H groups in total. The van der Waals surface area contributed by atoms with Gasteiger partial charge < -0.3 is 9.42 Å². The summed E-state index contributed by atoms with van der Waals surface area (Å²) in [6, 6.07) is 15.0. The molecule has 0 aliphatic carbocycles. The number of halogens is 2. The second-order valence-corrected chi connectivity index (χ2v) is 8.77. The minimum atomic E-state index is 0.0401. The third-order valence-electron chi connectivity index (χ3n) is 5.56. The Labute approximate surface area is 191 Å². The zero-order valence-electron chi connectivity index (χ0n) is 17.3. The van der Waals surface area contributed by atoms with Crippen molar-refractivity contribution in [2.24, 2.45) is 5.92 Å². The highest BCUT2D eigenvalue weighted by molar-refractivity contribution is 6.31. The van der Waals surface area contributed by atoms with E-state index in [1.54, 1.807) is 4.90 Å². The summed E-state index contributed by atoms with van der Waals surface area (Å²) < 4.78 is 5.42. The Morgan fingerprint density at radius 3 is 2.58 bits per heavy atom. The highest BCUT2D eigenvalue weighted by Crippen LogP contribution is 2.23. The van der Waals surface area contributed by atoms with Crippen molar-refractivity contribution in [3.05, 3.63) is 70.0 Å². The van der Waals surface area contributed by atoms with Crippen LogP contribution in [0.2, 0.25) is 10.0 Å². The third kappa shape index (κ3) is 5.64. The van der Waals surface area contributed by atoms with Crippen molar-refractivity contribution < 1.29 is 9.32 Å². The quantitative estimate of drug-likeness (QED) is 0.524. The average Bonchev–Trinajstić information content (AvgIpc) is 3.24. The summed E-state index contributed by atoms with van der Waals surface area (Å²) in [7, 11) is 1.86. The first-order valence-electron chi connectivity index (χ1n) is 10.3. The van der Waals surface area contributed by atoms with E-state index in [4.69, 9.17) is 27.7 Å². The fraction of sp³-hybridized carbons (Fsp3) is 0.348. The van der Waals surface area contributed by atoms with Gasteiger partial charge in [-0.25, -0.2) is 0 Å². The predicted molar refractivity (Wildman–Crippen MR) is 121 cm³/mol. The number of piperidine rings is 1. The lowest BCUT2D eigenvalue weighted by Crippen LogP contribution is -2.40. The minimum Gasteiger partial charge on any atom is -0.341 e. The molecular formula is C23H24Cl2N4O2. The average molecular weight is 459 g/mol. The van der Waals surface area contributed by atoms with Crippen molar-refractivity contribution in [1.82, 2.24) is 19.9 Å². The first-order chi connectivity index (χ1) is 15.0. The molecule has 1 aliphatic heterocycles. The summed E-state index contributed by atoms with van der Waals surface area (Å²) in [5.41, 5.74) is 1.90. The SMILES string of the molecule is CN(Cc1ccc(Cl)cc1)C(=O)C1CCN(Cc2nc(-c3cccc(Cl)c3)no2)CC1. The molecule has 3 aromatic rings. The molecule has 6 nitrogen and oxygen atoms in total. The lowest BCUT2D eigenvalue weighted by atomic mass is 9.95. The predicted octanol–water partition coefficient (Wildman–Crippen LogP) is 4.91. The largest absolute Gasteiger partial charge is 0.341 e. The van der Waals surface area contributed by atoms with Crippen LogP contribution < -0.4 is 0 Å². The number of rotatable bonds is 6. The summed E-state index contributed by atoms with van der Waals surface area (Å²) in [4.78, 5) is 21.4. The molecule has 0 unspecified atom stereocenters. The second-order valence-electron chi connectivity index (χ2n) is 7.89. The van der Waals surface area contributed by atoms with Crippen LogP contribution >= 0.6 is 23.2 Å². The van der Waals surface area contributed by atoms with Crippen LogP contribution in [0.5, 0.6) is 0 Å². The van der Waals surface area contributed by atoms with Gasteiger partial charge in [-0.15, -0.1) is 0 Å². The number of aromatic nitrogens is 2. The standard InChI is InChI=1S/C23H24Cl2N4O2/c1-28(14-16-5-7-19(24)8-6-16)23(30)17-9-11-29(12-10-17)15-21-26-22(27-31-21)18-3-2-4-20(25)13-18/h2-8,13,17H,9-12,14-15H2,1H3. The lowest BCUT2D eigenvalue weighted by Gasteiger charge is -2.32. The number of carbonyl (C=O) groups is 1. The molecule has 0 atom stereocenters. The Hall–Kier alpha value is -2.41. The van der Waals surface area contributed by atoms with Gasteiger partial charge >= 0.3 is 0 Å². The molecular weight excluding hydrogens is 435 g/mol. The van der Waals surface area contributed by atoms with E-state index in [-0.39, 0.29) is 11.8 Å². The number of benzene rings is 2. The van der Waals surface area contributed by atoms with E-state index < -0.39 is 0 Å². The Bertz CT molecular complexity index is 1030. The number of carbonyl (C=O) groups excluding carboxylic acids is 1. The van der Waals surface area contributed by atoms with Crippen molar-refractivity contribution >= 4 is 29.1 Å². The molecule has 1 aliphatic rings. The maximum Gasteiger partial charge on any atom is 0.241 e. The Morgan fingerprint density at radius 1 is 1.13 bits per heavy atom. The van der Waals surface area contributed by atoms with Crippen molar-refractivity contribution in [3.8, 4) is 11.4 Å². The first-order valence-corrected chi connectivity index (χ1v) is 11.0. The molecule has 1 fully saturated rings. The Balaban J connectivity index is 1.27. The fourth-order valence-corrected chi connectivity index (χ4v) is 4.16. The highest BCUT2D eigenvalue weighted by Gasteiger charge is 2.28. The molecule has 1 aromatic heterocycles. The molecule has 0 bridgehead atoms. The van der Waals surface area contributed by atoms with Crippen LogP contribution in [0.1, 0.15) is 24.3 Å². The van der Waals surface area contributed by atoms with Gasteiger partial charge in [-0.1, -0.05) is 52.6 Å². The van der Waals surface area contributed by atoms with Crippen LogP contribution in [0.4, 0.5) is 0 Å². The highest BCUT2D eigenvalue weighted by atomic mass is 35.5. The molecule has 1 amide bonds. The van der Waals surface area contributed by atoms with E-state index in [0.717, 1.165) is 37.1 Å². The molecule has 31 heavy (non-hydrogen) atoms. The van der Waals surface area contributed by atoms with Crippen LogP contribution in [0.25, 0.3) is 11.4 Å². The number of amides is 1. The Kier molecular flexibility index (Phi) is 6.90. The van der Waals surface area contributed by atoms with Crippen LogP contribution in [0, 0.1) is 5.92 Å². The zero-order chi connectivity index (χ0) is 21.8. The van der Waals surface area contributed by atoms with E-state index >= 15 is 0 Å². The Morgan fingerprint density at radius 2 is 1.87 bits per heavy atom. The molecule has 2 heterocycles. The molecule has 8 heteroatoms. The van der Waals surface area contributed by atoms with Gasteiger partial charge in [0.25, 0.3) is 0 Å². The van der Waals surface area contributed by atoms with Gasteiger partial charge in [0.2, 0.25) is 17.6 Å². The van der Waals surface area contributed by atoms with Crippen molar-refractivity contribution in [3.63, 3.8) is 0 Å². The van der Waals surface area contributed by atoms with Crippen molar-refractivity contribution in [1.29, 1.82) is 0 Å². The van der Waals surface area contributed by atoms with Gasteiger partial charge in [0.15, 0.2) is 0 Å². The maximum atomic E-state index is 12.9. The van der Waals surface area contributed by atoms with Crippen LogP contribution in [-0.4, -0.2) is 46.0 Å². The molecule has 4 rings (SSSR count). The number of nitrogens with zero attached hydrogens (tertiary/aromatic N) is 4. The summed E-state index contributed by atoms with van der Waals surface area (Å²) in [6.45, 7) is 2.81. The van der Waals surface area contributed by atoms with Crippen LogP contribution in [-0.2, 0) is 17.9 Å². The van der Waals surface area contributed by atoms with Gasteiger partial charge in [-0.05, 0) is 55.8 Å². The van der Waals surface area contributed by atoms with Gasteiger partial charge in [-0.3, -0.25) is 9.69 Å². The first kappa shape index (κ1) is 21.8. The molecule has 2 aromatic carbocycles. The number of hydrogen-bond acceptors (Lipinski definition) is 5. The van der Waals surface area contributed by atoms with Gasteiger partial charge in [0.1, 0.15) is 0 Å². The smallest absolute Gasteiger partial charge is 0.241 e. The van der Waals surface area contributed by atoms with E-state index in [2.05, 4.69) is 15.0 Å². The van der Waals surface area contributed by atoms with Gasteiger partial charge in [0.05, 0.1) is 6.54 Å². The van der Waals surface area contributed by atoms with Crippen molar-refractivity contribution in [2.75, 3.05) is 20.1 Å². The minimum absolute atomic E-state index is 0.0401. The zero-order valence-corrected chi connectivity index (χ0v) is 18.8. The molecule has 1 saturated heterocycles. The van der Waals surface area contributed by atoms with E-state index in [0.29, 0.717) is 34.8 Å². The molecule has 0 radical (unpaired) electrons. The second kappa shape index (κ2) is 9.81. The number of hydrogen-bond donors (Lipinski definition) is 0.